The summed E-state index contributed by atoms with van der Waals surface area (Å²) in [5.41, 5.74) is 4.80. The first kappa shape index (κ1) is 19.1. The van der Waals surface area contributed by atoms with E-state index in [1.54, 1.807) is 0 Å². The maximum atomic E-state index is 11.6. The van der Waals surface area contributed by atoms with Gasteiger partial charge in [-0.3, -0.25) is 0 Å². The summed E-state index contributed by atoms with van der Waals surface area (Å²) in [5.74, 6) is 0. The lowest BCUT2D eigenvalue weighted by atomic mass is 10.0. The molecule has 0 fully saturated rings. The van der Waals surface area contributed by atoms with Crippen molar-refractivity contribution < 1.29 is 19.1 Å². The van der Waals surface area contributed by atoms with Crippen LogP contribution in [0.5, 0.6) is 0 Å². The Labute approximate surface area is 162 Å². The van der Waals surface area contributed by atoms with Crippen LogP contribution in [0.4, 0.5) is 9.59 Å². The van der Waals surface area contributed by atoms with E-state index in [9.17, 15) is 9.59 Å². The van der Waals surface area contributed by atoms with Crippen LogP contribution in [0.3, 0.4) is 0 Å². The Kier molecular flexibility index (Phi) is 5.91. The molecule has 0 atom stereocenters. The Morgan fingerprint density at radius 2 is 1.63 bits per heavy atom. The smallest absolute Gasteiger partial charge is 0.407 e. The van der Waals surface area contributed by atoms with Crippen LogP contribution in [0.15, 0.2) is 24.3 Å². The largest absolute Gasteiger partial charge is 0.445 e. The molecule has 27 heavy (non-hydrogen) atoms. The van der Waals surface area contributed by atoms with Crippen LogP contribution >= 0.6 is 11.6 Å². The topological polar surface area (TPSA) is 81.6 Å². The molecule has 1 aliphatic heterocycles. The van der Waals surface area contributed by atoms with Gasteiger partial charge in [0.05, 0.1) is 5.69 Å². The van der Waals surface area contributed by atoms with Gasteiger partial charge in [-0.05, 0) is 30.5 Å². The summed E-state index contributed by atoms with van der Waals surface area (Å²) < 4.78 is 12.8. The number of rotatable bonds is 5. The van der Waals surface area contributed by atoms with Crippen LogP contribution in [0.1, 0.15) is 23.2 Å². The molecule has 0 bridgehead atoms. The van der Waals surface area contributed by atoms with Gasteiger partial charge in [-0.2, -0.15) is 0 Å². The number of amides is 2. The Morgan fingerprint density at radius 3 is 2.22 bits per heavy atom. The molecule has 2 heterocycles. The second-order valence-electron chi connectivity index (χ2n) is 6.17. The van der Waals surface area contributed by atoms with Gasteiger partial charge in [0.25, 0.3) is 0 Å². The molecule has 144 valence electrons. The highest BCUT2D eigenvalue weighted by atomic mass is 35.5. The molecule has 1 aromatic carbocycles. The Bertz CT molecular complexity index is 846. The van der Waals surface area contributed by atoms with Crippen LogP contribution < -0.4 is 10.6 Å². The van der Waals surface area contributed by atoms with Crippen molar-refractivity contribution in [2.75, 3.05) is 14.1 Å². The highest BCUT2D eigenvalue weighted by molar-refractivity contribution is 6.30. The average Bonchev–Trinajstić information content (AvgIpc) is 3.25. The molecule has 0 saturated carbocycles. The molecule has 0 unspecified atom stereocenters. The molecule has 0 spiro atoms. The summed E-state index contributed by atoms with van der Waals surface area (Å²) in [4.78, 5) is 23.2. The number of carbonyl (C=O) groups excluding carboxylic acids is 2. The van der Waals surface area contributed by atoms with E-state index >= 15 is 0 Å². The predicted molar refractivity (Wildman–Crippen MR) is 102 cm³/mol. The van der Waals surface area contributed by atoms with Gasteiger partial charge in [0.1, 0.15) is 13.2 Å². The van der Waals surface area contributed by atoms with Crippen molar-refractivity contribution in [3.63, 3.8) is 0 Å². The first-order valence-corrected chi connectivity index (χ1v) is 9.11. The summed E-state index contributed by atoms with van der Waals surface area (Å²) in [6, 6.07) is 7.54. The van der Waals surface area contributed by atoms with Gasteiger partial charge < -0.3 is 24.7 Å². The summed E-state index contributed by atoms with van der Waals surface area (Å²) in [6.07, 6.45) is 0.882. The van der Waals surface area contributed by atoms with Crippen LogP contribution in [0.25, 0.3) is 11.3 Å². The summed E-state index contributed by atoms with van der Waals surface area (Å²) in [5, 5.41) is 5.55. The highest BCUT2D eigenvalue weighted by Gasteiger charge is 2.28. The van der Waals surface area contributed by atoms with E-state index in [0.717, 1.165) is 47.5 Å². The standard InChI is InChI=1S/C19H22ClN3O4/c1-21-18(24)26-10-14-15(11-27-19(25)22-2)17(23-9-3-4-16(14)23)12-5-7-13(20)8-6-12/h5-8H,3-4,9-11H2,1-2H3,(H,21,24)(H,22,25). The van der Waals surface area contributed by atoms with Gasteiger partial charge in [-0.1, -0.05) is 23.7 Å². The third kappa shape index (κ3) is 4.03. The fourth-order valence-corrected chi connectivity index (χ4v) is 3.52. The third-order valence-electron chi connectivity index (χ3n) is 4.61. The van der Waals surface area contributed by atoms with E-state index < -0.39 is 12.2 Å². The van der Waals surface area contributed by atoms with Gasteiger partial charge in [0.2, 0.25) is 0 Å². The number of nitrogens with zero attached hydrogens (tertiary/aromatic N) is 1. The zero-order valence-electron chi connectivity index (χ0n) is 15.3. The second kappa shape index (κ2) is 8.35. The maximum Gasteiger partial charge on any atom is 0.407 e. The maximum absolute atomic E-state index is 11.6. The Morgan fingerprint density at radius 1 is 1.04 bits per heavy atom. The highest BCUT2D eigenvalue weighted by Crippen LogP contribution is 2.37. The molecule has 2 aromatic rings. The van der Waals surface area contributed by atoms with Crippen molar-refractivity contribution in [2.45, 2.75) is 32.6 Å². The molecule has 3 rings (SSSR count). The first-order valence-electron chi connectivity index (χ1n) is 8.73. The molecule has 2 amide bonds. The van der Waals surface area contributed by atoms with Crippen LogP contribution in [0, 0.1) is 0 Å². The van der Waals surface area contributed by atoms with Gasteiger partial charge in [-0.25, -0.2) is 9.59 Å². The van der Waals surface area contributed by atoms with Crippen molar-refractivity contribution in [3.8, 4) is 11.3 Å². The Balaban J connectivity index is 2.05. The molecule has 0 aliphatic carbocycles. The van der Waals surface area contributed by atoms with E-state index in [1.807, 2.05) is 24.3 Å². The molecule has 0 radical (unpaired) electrons. The number of carbonyl (C=O) groups is 2. The fourth-order valence-electron chi connectivity index (χ4n) is 3.40. The molecule has 2 N–H and O–H groups in total. The van der Waals surface area contributed by atoms with E-state index in [-0.39, 0.29) is 13.2 Å². The molecule has 1 aromatic heterocycles. The lowest BCUT2D eigenvalue weighted by Crippen LogP contribution is -2.20. The number of nitrogens with one attached hydrogen (secondary N) is 2. The van der Waals surface area contributed by atoms with Crippen molar-refractivity contribution in [1.82, 2.24) is 15.2 Å². The minimum absolute atomic E-state index is 0.0874. The van der Waals surface area contributed by atoms with E-state index in [4.69, 9.17) is 21.1 Å². The lowest BCUT2D eigenvalue weighted by Gasteiger charge is -2.12. The number of halogens is 1. The summed E-state index contributed by atoms with van der Waals surface area (Å²) in [7, 11) is 3.03. The number of hydrogen-bond acceptors (Lipinski definition) is 4. The molecule has 7 nitrogen and oxygen atoms in total. The van der Waals surface area contributed by atoms with Gasteiger partial charge in [0, 0.05) is 42.5 Å². The number of fused-ring (bicyclic) bond motifs is 1. The van der Waals surface area contributed by atoms with Crippen molar-refractivity contribution in [2.24, 2.45) is 0 Å². The third-order valence-corrected chi connectivity index (χ3v) is 4.86. The molecular formula is C19H22ClN3O4. The number of alkyl carbamates (subject to hydrolysis) is 2. The quantitative estimate of drug-likeness (QED) is 0.817. The number of aromatic nitrogens is 1. The van der Waals surface area contributed by atoms with E-state index in [0.29, 0.717) is 5.02 Å². The molecular weight excluding hydrogens is 370 g/mol. The first-order chi connectivity index (χ1) is 13.0. The minimum atomic E-state index is -0.512. The van der Waals surface area contributed by atoms with Crippen molar-refractivity contribution >= 4 is 23.8 Å². The predicted octanol–water partition coefficient (Wildman–Crippen LogP) is 3.47. The zero-order valence-corrected chi connectivity index (χ0v) is 16.1. The fraction of sp³-hybridized carbons (Fsp3) is 0.368. The van der Waals surface area contributed by atoms with Crippen LogP contribution in [-0.2, 0) is 35.7 Å². The summed E-state index contributed by atoms with van der Waals surface area (Å²) >= 11 is 6.03. The SMILES string of the molecule is CNC(=O)OCc1c(COC(=O)NC)c(-c2ccc(Cl)cc2)n2c1CCC2. The molecule has 1 aliphatic rings. The van der Waals surface area contributed by atoms with Gasteiger partial charge >= 0.3 is 12.2 Å². The molecule has 0 saturated heterocycles. The Hall–Kier alpha value is -2.67. The number of hydrogen-bond donors (Lipinski definition) is 2. The average molecular weight is 392 g/mol. The van der Waals surface area contributed by atoms with Gasteiger partial charge in [-0.15, -0.1) is 0 Å². The number of benzene rings is 1. The second-order valence-corrected chi connectivity index (χ2v) is 6.60. The van der Waals surface area contributed by atoms with E-state index in [2.05, 4.69) is 15.2 Å². The lowest BCUT2D eigenvalue weighted by molar-refractivity contribution is 0.134. The molecule has 8 heteroatoms. The minimum Gasteiger partial charge on any atom is -0.445 e. The van der Waals surface area contributed by atoms with Gasteiger partial charge in [0.15, 0.2) is 0 Å². The number of ether oxygens (including phenoxy) is 2. The van der Waals surface area contributed by atoms with Crippen molar-refractivity contribution in [3.05, 3.63) is 46.1 Å². The summed E-state index contributed by atoms with van der Waals surface area (Å²) in [6.45, 7) is 1.07. The normalized spacial score (nSPS) is 12.4. The monoisotopic (exact) mass is 391 g/mol. The van der Waals surface area contributed by atoms with E-state index in [1.165, 1.54) is 14.1 Å². The van der Waals surface area contributed by atoms with Crippen molar-refractivity contribution in [1.29, 1.82) is 0 Å². The van der Waals surface area contributed by atoms with Crippen LogP contribution in [-0.4, -0.2) is 30.8 Å². The van der Waals surface area contributed by atoms with Crippen LogP contribution in [0.2, 0.25) is 5.02 Å². The zero-order chi connectivity index (χ0) is 19.4.